The number of aromatic nitrogens is 1. The summed E-state index contributed by atoms with van der Waals surface area (Å²) in [5.74, 6) is 0. The van der Waals surface area contributed by atoms with Crippen molar-refractivity contribution in [2.75, 3.05) is 6.54 Å². The Kier molecular flexibility index (Phi) is 5.48. The van der Waals surface area contributed by atoms with Crippen LogP contribution in [-0.4, -0.2) is 22.2 Å². The van der Waals surface area contributed by atoms with Crippen LogP contribution >= 0.6 is 0 Å². The monoisotopic (exact) mass is 284 g/mol. The first-order valence-electron chi connectivity index (χ1n) is 7.59. The van der Waals surface area contributed by atoms with Crippen LogP contribution in [0.5, 0.6) is 0 Å². The van der Waals surface area contributed by atoms with Crippen LogP contribution in [0.2, 0.25) is 0 Å². The minimum atomic E-state index is -0.595. The van der Waals surface area contributed by atoms with Crippen LogP contribution in [0.25, 0.3) is 11.1 Å². The highest BCUT2D eigenvalue weighted by atomic mass is 16.3. The lowest BCUT2D eigenvalue weighted by Gasteiger charge is -2.25. The first-order chi connectivity index (χ1) is 10.2. The molecule has 112 valence electrons. The molecule has 3 heteroatoms. The highest BCUT2D eigenvalue weighted by Gasteiger charge is 2.20. The summed E-state index contributed by atoms with van der Waals surface area (Å²) in [5.41, 5.74) is 2.99. The zero-order chi connectivity index (χ0) is 15.1. The summed E-state index contributed by atoms with van der Waals surface area (Å²) in [6.45, 7) is 5.44. The summed E-state index contributed by atoms with van der Waals surface area (Å²) in [6, 6.07) is 12.5. The molecular formula is C18H24N2O. The molecule has 0 unspecified atom stereocenters. The van der Waals surface area contributed by atoms with E-state index in [4.69, 9.17) is 0 Å². The highest BCUT2D eigenvalue weighted by Crippen LogP contribution is 2.19. The van der Waals surface area contributed by atoms with Crippen LogP contribution in [0, 0.1) is 0 Å². The van der Waals surface area contributed by atoms with E-state index < -0.39 is 5.60 Å². The van der Waals surface area contributed by atoms with Gasteiger partial charge in [-0.3, -0.25) is 4.98 Å². The fourth-order valence-corrected chi connectivity index (χ4v) is 2.34. The van der Waals surface area contributed by atoms with Gasteiger partial charge in [-0.15, -0.1) is 0 Å². The smallest absolute Gasteiger partial charge is 0.0766 e. The number of nitrogens with one attached hydrogen (secondary N) is 1. The number of rotatable bonds is 7. The summed E-state index contributed by atoms with van der Waals surface area (Å²) in [4.78, 5) is 4.05. The van der Waals surface area contributed by atoms with E-state index in [2.05, 4.69) is 34.6 Å². The van der Waals surface area contributed by atoms with Gasteiger partial charge in [0.05, 0.1) is 5.60 Å². The topological polar surface area (TPSA) is 45.1 Å². The summed E-state index contributed by atoms with van der Waals surface area (Å²) < 4.78 is 0. The van der Waals surface area contributed by atoms with Gasteiger partial charge in [-0.25, -0.2) is 0 Å². The molecule has 2 aromatic rings. The lowest BCUT2D eigenvalue weighted by Crippen LogP contribution is -2.39. The second-order valence-corrected chi connectivity index (χ2v) is 5.47. The number of aliphatic hydroxyl groups is 1. The van der Waals surface area contributed by atoms with E-state index in [1.54, 1.807) is 0 Å². The van der Waals surface area contributed by atoms with Crippen molar-refractivity contribution in [2.45, 2.75) is 38.8 Å². The largest absolute Gasteiger partial charge is 0.389 e. The molecule has 3 nitrogen and oxygen atoms in total. The number of benzene rings is 1. The van der Waals surface area contributed by atoms with Crippen molar-refractivity contribution in [3.8, 4) is 11.1 Å². The summed E-state index contributed by atoms with van der Waals surface area (Å²) in [7, 11) is 0. The summed E-state index contributed by atoms with van der Waals surface area (Å²) in [6.07, 6.45) is 5.16. The molecule has 0 aliphatic rings. The average Bonchev–Trinajstić information content (AvgIpc) is 2.56. The molecule has 0 spiro atoms. The maximum atomic E-state index is 10.3. The van der Waals surface area contributed by atoms with E-state index in [9.17, 15) is 5.11 Å². The summed E-state index contributed by atoms with van der Waals surface area (Å²) in [5, 5.41) is 13.6. The normalized spacial score (nSPS) is 11.6. The third-order valence-electron chi connectivity index (χ3n) is 4.04. The first kappa shape index (κ1) is 15.7. The van der Waals surface area contributed by atoms with Crippen molar-refractivity contribution in [1.82, 2.24) is 10.3 Å². The van der Waals surface area contributed by atoms with Crippen LogP contribution in [0.1, 0.15) is 32.3 Å². The Morgan fingerprint density at radius 1 is 1.05 bits per heavy atom. The second-order valence-electron chi connectivity index (χ2n) is 5.47. The maximum absolute atomic E-state index is 10.3. The molecule has 1 aromatic carbocycles. The average molecular weight is 284 g/mol. The van der Waals surface area contributed by atoms with Crippen molar-refractivity contribution >= 4 is 0 Å². The van der Waals surface area contributed by atoms with Crippen LogP contribution in [0.4, 0.5) is 0 Å². The Labute approximate surface area is 127 Å². The molecule has 0 aliphatic carbocycles. The van der Waals surface area contributed by atoms with Gasteiger partial charge in [0.15, 0.2) is 0 Å². The zero-order valence-electron chi connectivity index (χ0n) is 12.8. The molecular weight excluding hydrogens is 260 g/mol. The van der Waals surface area contributed by atoms with Gasteiger partial charge in [0.2, 0.25) is 0 Å². The van der Waals surface area contributed by atoms with Crippen molar-refractivity contribution < 1.29 is 5.11 Å². The molecule has 0 aliphatic heterocycles. The lowest BCUT2D eigenvalue weighted by atomic mass is 9.97. The fraction of sp³-hybridized carbons (Fsp3) is 0.389. The quantitative estimate of drug-likeness (QED) is 0.819. The highest BCUT2D eigenvalue weighted by molar-refractivity contribution is 5.63. The molecule has 1 aromatic heterocycles. The van der Waals surface area contributed by atoms with Crippen LogP contribution in [-0.2, 0) is 6.54 Å². The molecule has 2 rings (SSSR count). The Morgan fingerprint density at radius 2 is 1.76 bits per heavy atom. The number of pyridine rings is 1. The van der Waals surface area contributed by atoms with Crippen LogP contribution in [0.15, 0.2) is 48.8 Å². The van der Waals surface area contributed by atoms with E-state index in [0.717, 1.165) is 19.4 Å². The van der Waals surface area contributed by atoms with Gasteiger partial charge < -0.3 is 10.4 Å². The second kappa shape index (κ2) is 7.34. The minimum absolute atomic E-state index is 0.595. The third-order valence-corrected chi connectivity index (χ3v) is 4.04. The number of nitrogens with zero attached hydrogens (tertiary/aromatic N) is 1. The van der Waals surface area contributed by atoms with E-state index in [0.29, 0.717) is 6.54 Å². The first-order valence-corrected chi connectivity index (χ1v) is 7.59. The van der Waals surface area contributed by atoms with Crippen molar-refractivity contribution in [3.05, 3.63) is 54.4 Å². The predicted octanol–water partition coefficient (Wildman–Crippen LogP) is 3.39. The fourth-order valence-electron chi connectivity index (χ4n) is 2.34. The predicted molar refractivity (Wildman–Crippen MR) is 86.9 cm³/mol. The Hall–Kier alpha value is -1.71. The van der Waals surface area contributed by atoms with Gasteiger partial charge >= 0.3 is 0 Å². The third kappa shape index (κ3) is 4.38. The number of hydrogen-bond donors (Lipinski definition) is 2. The van der Waals surface area contributed by atoms with Gasteiger partial charge in [0, 0.05) is 25.5 Å². The van der Waals surface area contributed by atoms with Gasteiger partial charge in [0.1, 0.15) is 0 Å². The molecule has 0 radical (unpaired) electrons. The van der Waals surface area contributed by atoms with Crippen molar-refractivity contribution in [2.24, 2.45) is 0 Å². The van der Waals surface area contributed by atoms with Gasteiger partial charge in [0.25, 0.3) is 0 Å². The van der Waals surface area contributed by atoms with Crippen molar-refractivity contribution in [3.63, 3.8) is 0 Å². The van der Waals surface area contributed by atoms with Gasteiger partial charge in [-0.2, -0.15) is 0 Å². The minimum Gasteiger partial charge on any atom is -0.389 e. The van der Waals surface area contributed by atoms with E-state index in [-0.39, 0.29) is 0 Å². The molecule has 0 atom stereocenters. The van der Waals surface area contributed by atoms with Crippen LogP contribution < -0.4 is 5.32 Å². The lowest BCUT2D eigenvalue weighted by molar-refractivity contribution is 0.0323. The number of hydrogen-bond acceptors (Lipinski definition) is 3. The van der Waals surface area contributed by atoms with E-state index in [1.807, 2.05) is 38.4 Å². The Balaban J connectivity index is 1.99. The zero-order valence-corrected chi connectivity index (χ0v) is 12.8. The summed E-state index contributed by atoms with van der Waals surface area (Å²) >= 11 is 0. The molecule has 0 saturated carbocycles. The van der Waals surface area contributed by atoms with Gasteiger partial charge in [-0.05, 0) is 47.7 Å². The van der Waals surface area contributed by atoms with Crippen molar-refractivity contribution in [1.29, 1.82) is 0 Å². The maximum Gasteiger partial charge on any atom is 0.0766 e. The molecule has 0 saturated heterocycles. The molecule has 21 heavy (non-hydrogen) atoms. The molecule has 1 heterocycles. The molecule has 0 bridgehead atoms. The SMILES string of the molecule is CCC(O)(CC)CNCc1cccc(-c2ccncc2)c1. The van der Waals surface area contributed by atoms with E-state index in [1.165, 1.54) is 16.7 Å². The Bertz CT molecular complexity index is 550. The molecule has 0 fully saturated rings. The molecule has 0 amide bonds. The standard InChI is InChI=1S/C18H24N2O/c1-3-18(21,4-2)14-20-13-15-6-5-7-17(12-15)16-8-10-19-11-9-16/h5-12,20-21H,3-4,13-14H2,1-2H3. The van der Waals surface area contributed by atoms with E-state index >= 15 is 0 Å². The van der Waals surface area contributed by atoms with Crippen LogP contribution in [0.3, 0.4) is 0 Å². The van der Waals surface area contributed by atoms with Gasteiger partial charge in [-0.1, -0.05) is 32.0 Å². The Morgan fingerprint density at radius 3 is 2.43 bits per heavy atom. The molecule has 2 N–H and O–H groups in total.